The van der Waals surface area contributed by atoms with Crippen molar-refractivity contribution >= 4 is 16.7 Å². The van der Waals surface area contributed by atoms with Crippen LogP contribution in [0, 0.1) is 0 Å². The summed E-state index contributed by atoms with van der Waals surface area (Å²) >= 11 is 0. The van der Waals surface area contributed by atoms with Crippen LogP contribution in [0.1, 0.15) is 27.0 Å². The quantitative estimate of drug-likeness (QED) is 0.144. The average molecular weight is 643 g/mol. The van der Waals surface area contributed by atoms with Crippen molar-refractivity contribution in [2.75, 3.05) is 0 Å². The number of hydrogen-bond donors (Lipinski definition) is 1. The zero-order chi connectivity index (χ0) is 33.4. The summed E-state index contributed by atoms with van der Waals surface area (Å²) in [5, 5.41) is 11.5. The van der Waals surface area contributed by atoms with E-state index in [0.717, 1.165) is 67.0 Å². The molecule has 0 unspecified atom stereocenters. The molecule has 240 valence electrons. The molecule has 7 aromatic rings. The summed E-state index contributed by atoms with van der Waals surface area (Å²) in [4.78, 5) is 11.3. The van der Waals surface area contributed by atoms with Crippen molar-refractivity contribution in [3.8, 4) is 39.5 Å². The van der Waals surface area contributed by atoms with E-state index in [9.17, 15) is 9.90 Å². The highest BCUT2D eigenvalue weighted by atomic mass is 16.5. The van der Waals surface area contributed by atoms with Gasteiger partial charge in [0.15, 0.2) is 0 Å². The van der Waals surface area contributed by atoms with Gasteiger partial charge in [-0.3, -0.25) is 0 Å². The molecule has 0 fully saturated rings. The Balaban J connectivity index is 1.08. The Hall–Kier alpha value is -6.33. The highest BCUT2D eigenvalue weighted by Gasteiger charge is 2.12. The molecule has 0 bridgehead atoms. The third-order valence-electron chi connectivity index (χ3n) is 8.37. The fourth-order valence-electron chi connectivity index (χ4n) is 5.85. The van der Waals surface area contributed by atoms with Gasteiger partial charge in [-0.15, -0.1) is 0 Å². The molecule has 0 aliphatic carbocycles. The Kier molecular flexibility index (Phi) is 9.33. The third-order valence-corrected chi connectivity index (χ3v) is 8.37. The van der Waals surface area contributed by atoms with Gasteiger partial charge < -0.3 is 19.3 Å². The fourth-order valence-corrected chi connectivity index (χ4v) is 5.85. The van der Waals surface area contributed by atoms with Crippen LogP contribution in [0.2, 0.25) is 0 Å². The molecule has 0 amide bonds. The topological polar surface area (TPSA) is 65.0 Å². The summed E-state index contributed by atoms with van der Waals surface area (Å²) in [6.45, 7) is 1.26. The van der Waals surface area contributed by atoms with Gasteiger partial charge in [-0.25, -0.2) is 4.79 Å². The van der Waals surface area contributed by atoms with Crippen molar-refractivity contribution in [2.24, 2.45) is 0 Å². The number of aromatic carboxylic acids is 1. The maximum absolute atomic E-state index is 11.3. The molecule has 0 spiro atoms. The summed E-state index contributed by atoms with van der Waals surface area (Å²) in [5.74, 6) is 1.26. The van der Waals surface area contributed by atoms with Crippen molar-refractivity contribution in [1.82, 2.24) is 0 Å². The van der Waals surface area contributed by atoms with Crippen LogP contribution in [0.4, 0.5) is 0 Å². The Bertz CT molecular complexity index is 2110. The first-order valence-corrected chi connectivity index (χ1v) is 16.2. The number of carboxylic acids is 1. The summed E-state index contributed by atoms with van der Waals surface area (Å²) in [6, 6.07) is 53.7. The van der Waals surface area contributed by atoms with Crippen LogP contribution in [0.15, 0.2) is 164 Å². The van der Waals surface area contributed by atoms with Gasteiger partial charge in [0.05, 0.1) is 5.56 Å². The largest absolute Gasteiger partial charge is 0.489 e. The number of carboxylic acid groups (broad SMARTS) is 1. The summed E-state index contributed by atoms with van der Waals surface area (Å²) in [7, 11) is 0. The van der Waals surface area contributed by atoms with Crippen LogP contribution in [-0.4, -0.2) is 11.1 Å². The molecule has 5 nitrogen and oxygen atoms in total. The molecular formula is C44H34O5. The normalized spacial score (nSPS) is 10.9. The lowest BCUT2D eigenvalue weighted by Gasteiger charge is -2.14. The molecular weight excluding hydrogens is 608 g/mol. The van der Waals surface area contributed by atoms with Crippen molar-refractivity contribution < 1.29 is 24.1 Å². The van der Waals surface area contributed by atoms with Crippen molar-refractivity contribution in [3.63, 3.8) is 0 Å². The van der Waals surface area contributed by atoms with Gasteiger partial charge in [0.2, 0.25) is 0 Å². The van der Waals surface area contributed by atoms with Crippen molar-refractivity contribution in [1.29, 1.82) is 0 Å². The van der Waals surface area contributed by atoms with Crippen molar-refractivity contribution in [2.45, 2.75) is 19.8 Å². The summed E-state index contributed by atoms with van der Waals surface area (Å²) in [5.41, 5.74) is 7.60. The fraction of sp³-hybridized carbons (Fsp3) is 0.0682. The van der Waals surface area contributed by atoms with Gasteiger partial charge in [0.25, 0.3) is 0 Å². The number of rotatable bonds is 12. The smallest absolute Gasteiger partial charge is 0.335 e. The molecule has 0 radical (unpaired) electrons. The monoisotopic (exact) mass is 642 g/mol. The van der Waals surface area contributed by atoms with Crippen LogP contribution >= 0.6 is 0 Å². The van der Waals surface area contributed by atoms with Crippen LogP contribution in [0.3, 0.4) is 0 Å². The van der Waals surface area contributed by atoms with Gasteiger partial charge in [-0.05, 0) is 86.1 Å². The molecule has 0 aliphatic rings. The molecule has 5 heteroatoms. The molecule has 0 heterocycles. The lowest BCUT2D eigenvalue weighted by Crippen LogP contribution is -2.01. The second-order valence-electron chi connectivity index (χ2n) is 11.8. The highest BCUT2D eigenvalue weighted by molar-refractivity contribution is 6.05. The maximum atomic E-state index is 11.3. The van der Waals surface area contributed by atoms with E-state index in [1.807, 2.05) is 115 Å². The minimum absolute atomic E-state index is 0.271. The molecule has 7 aromatic carbocycles. The van der Waals surface area contributed by atoms with Gasteiger partial charge in [0.1, 0.15) is 37.1 Å². The molecule has 1 N–H and O–H groups in total. The zero-order valence-corrected chi connectivity index (χ0v) is 26.8. The number of fused-ring (bicyclic) bond motifs is 1. The molecule has 0 aliphatic heterocycles. The van der Waals surface area contributed by atoms with E-state index in [1.165, 1.54) is 0 Å². The van der Waals surface area contributed by atoms with Crippen LogP contribution in [-0.2, 0) is 19.8 Å². The first-order chi connectivity index (χ1) is 24.1. The van der Waals surface area contributed by atoms with Gasteiger partial charge in [0, 0.05) is 6.07 Å². The molecule has 7 rings (SSSR count). The lowest BCUT2D eigenvalue weighted by atomic mass is 9.92. The maximum Gasteiger partial charge on any atom is 0.335 e. The molecule has 0 atom stereocenters. The van der Waals surface area contributed by atoms with E-state index in [2.05, 4.69) is 36.4 Å². The van der Waals surface area contributed by atoms with E-state index < -0.39 is 5.97 Å². The first-order valence-electron chi connectivity index (χ1n) is 16.2. The Labute approximate surface area is 285 Å². The number of benzene rings is 7. The Morgan fingerprint density at radius 3 is 1.35 bits per heavy atom. The van der Waals surface area contributed by atoms with Gasteiger partial charge >= 0.3 is 5.97 Å². The first kappa shape index (κ1) is 31.3. The number of ether oxygens (including phenoxy) is 3. The van der Waals surface area contributed by atoms with E-state index in [4.69, 9.17) is 14.2 Å². The second-order valence-corrected chi connectivity index (χ2v) is 11.8. The van der Waals surface area contributed by atoms with Gasteiger partial charge in [-0.2, -0.15) is 0 Å². The zero-order valence-electron chi connectivity index (χ0n) is 26.8. The lowest BCUT2D eigenvalue weighted by molar-refractivity contribution is 0.0697. The molecule has 0 saturated heterocycles. The van der Waals surface area contributed by atoms with Crippen molar-refractivity contribution in [3.05, 3.63) is 186 Å². The Morgan fingerprint density at radius 2 is 0.857 bits per heavy atom. The van der Waals surface area contributed by atoms with E-state index in [1.54, 1.807) is 12.1 Å². The molecule has 0 saturated carbocycles. The van der Waals surface area contributed by atoms with Gasteiger partial charge in [-0.1, -0.05) is 121 Å². The third kappa shape index (κ3) is 7.64. The molecule has 49 heavy (non-hydrogen) atoms. The van der Waals surface area contributed by atoms with E-state index in [-0.39, 0.29) is 5.56 Å². The minimum Gasteiger partial charge on any atom is -0.489 e. The van der Waals surface area contributed by atoms with Crippen LogP contribution in [0.5, 0.6) is 17.2 Å². The SMILES string of the molecule is O=C(O)c1ccc(-c2ccc(-c3ccc(OCc4cc(OCc5ccccc5)cc(OCc5ccccc5)c4)cc3)c3ccccc23)cc1. The molecule has 0 aromatic heterocycles. The summed E-state index contributed by atoms with van der Waals surface area (Å²) in [6.07, 6.45) is 0. The number of carbonyl (C=O) groups is 1. The average Bonchev–Trinajstić information content (AvgIpc) is 3.16. The van der Waals surface area contributed by atoms with E-state index >= 15 is 0 Å². The minimum atomic E-state index is -0.932. The Morgan fingerprint density at radius 1 is 0.429 bits per heavy atom. The number of hydrogen-bond acceptors (Lipinski definition) is 4. The highest BCUT2D eigenvalue weighted by Crippen LogP contribution is 2.36. The predicted molar refractivity (Wildman–Crippen MR) is 194 cm³/mol. The van der Waals surface area contributed by atoms with E-state index in [0.29, 0.717) is 19.8 Å². The van der Waals surface area contributed by atoms with Crippen LogP contribution in [0.25, 0.3) is 33.0 Å². The van der Waals surface area contributed by atoms with Crippen LogP contribution < -0.4 is 14.2 Å². The standard InChI is InChI=1S/C44H34O5/c45-44(46)36-17-15-34(16-18-36)40-23-24-41(43-14-8-7-13-42(40)43)35-19-21-37(22-20-35)47-30-33-25-38(48-28-31-9-3-1-4-10-31)27-39(26-33)49-29-32-11-5-2-6-12-32/h1-27H,28-30H2,(H,45,46). The summed E-state index contributed by atoms with van der Waals surface area (Å²) < 4.78 is 18.6. The predicted octanol–water partition coefficient (Wildman–Crippen LogP) is 10.6. The second kappa shape index (κ2) is 14.6.